The molecule has 2 aliphatic rings. The molecule has 0 bridgehead atoms. The first-order valence-electron chi connectivity index (χ1n) is 7.01. The third-order valence-corrected chi connectivity index (χ3v) is 3.90. The van der Waals surface area contributed by atoms with Crippen molar-refractivity contribution in [3.63, 3.8) is 0 Å². The molecule has 4 nitrogen and oxygen atoms in total. The second-order valence-corrected chi connectivity index (χ2v) is 5.42. The number of ether oxygens (including phenoxy) is 1. The van der Waals surface area contributed by atoms with Crippen molar-refractivity contribution in [3.8, 4) is 0 Å². The van der Waals surface area contributed by atoms with Gasteiger partial charge in [-0.3, -0.25) is 4.79 Å². The van der Waals surface area contributed by atoms with Crippen LogP contribution in [0.3, 0.4) is 0 Å². The lowest BCUT2D eigenvalue weighted by atomic mass is 10.0. The fourth-order valence-corrected chi connectivity index (χ4v) is 2.84. The van der Waals surface area contributed by atoms with Crippen LogP contribution in [0, 0.1) is 0 Å². The molecule has 5 heteroatoms. The lowest BCUT2D eigenvalue weighted by Crippen LogP contribution is -2.41. The number of amides is 1. The Hall–Kier alpha value is -1.26. The average molecular weight is 297 g/mol. The van der Waals surface area contributed by atoms with Crippen molar-refractivity contribution in [3.05, 3.63) is 29.3 Å². The summed E-state index contributed by atoms with van der Waals surface area (Å²) in [6, 6.07) is 6.15. The second-order valence-electron chi connectivity index (χ2n) is 5.42. The van der Waals surface area contributed by atoms with Gasteiger partial charge in [0.2, 0.25) is 0 Å². The zero-order valence-electron chi connectivity index (χ0n) is 11.6. The molecule has 0 radical (unpaired) electrons. The van der Waals surface area contributed by atoms with E-state index in [1.54, 1.807) is 0 Å². The summed E-state index contributed by atoms with van der Waals surface area (Å²) in [5.74, 6) is 0.0359. The SMILES string of the molecule is CC1CC(NC(=O)c2ccc3c(c2)CCN3)CCO1.Cl. The van der Waals surface area contributed by atoms with Crippen molar-refractivity contribution in [2.75, 3.05) is 18.5 Å². The number of hydrogen-bond donors (Lipinski definition) is 2. The summed E-state index contributed by atoms with van der Waals surface area (Å²) in [6.45, 7) is 3.76. The normalized spacial score (nSPS) is 24.2. The molecule has 1 fully saturated rings. The minimum absolute atomic E-state index is 0. The quantitative estimate of drug-likeness (QED) is 0.881. The number of anilines is 1. The van der Waals surface area contributed by atoms with Gasteiger partial charge in [-0.05, 0) is 49.9 Å². The molecule has 1 aromatic carbocycles. The maximum atomic E-state index is 12.2. The van der Waals surface area contributed by atoms with Gasteiger partial charge in [0.1, 0.15) is 0 Å². The van der Waals surface area contributed by atoms with Crippen LogP contribution in [-0.4, -0.2) is 31.2 Å². The van der Waals surface area contributed by atoms with E-state index in [9.17, 15) is 4.79 Å². The summed E-state index contributed by atoms with van der Waals surface area (Å²) in [6.07, 6.45) is 3.05. The zero-order chi connectivity index (χ0) is 13.2. The van der Waals surface area contributed by atoms with Crippen LogP contribution in [-0.2, 0) is 11.2 Å². The van der Waals surface area contributed by atoms with Gasteiger partial charge in [-0.2, -0.15) is 0 Å². The second kappa shape index (κ2) is 6.46. The predicted molar refractivity (Wildman–Crippen MR) is 81.8 cm³/mol. The Labute approximate surface area is 125 Å². The Morgan fingerprint density at radius 3 is 3.10 bits per heavy atom. The van der Waals surface area contributed by atoms with E-state index >= 15 is 0 Å². The highest BCUT2D eigenvalue weighted by Crippen LogP contribution is 2.23. The van der Waals surface area contributed by atoms with E-state index in [0.29, 0.717) is 0 Å². The summed E-state index contributed by atoms with van der Waals surface area (Å²) in [5, 5.41) is 6.42. The maximum absolute atomic E-state index is 12.2. The van der Waals surface area contributed by atoms with Crippen molar-refractivity contribution in [2.24, 2.45) is 0 Å². The number of halogens is 1. The smallest absolute Gasteiger partial charge is 0.251 e. The molecule has 2 N–H and O–H groups in total. The molecule has 1 amide bonds. The number of benzene rings is 1. The summed E-state index contributed by atoms with van der Waals surface area (Å²) in [5.41, 5.74) is 3.17. The molecule has 20 heavy (non-hydrogen) atoms. The molecular weight excluding hydrogens is 276 g/mol. The molecule has 2 atom stereocenters. The molecule has 0 aromatic heterocycles. The molecular formula is C15H21ClN2O2. The molecule has 0 aliphatic carbocycles. The van der Waals surface area contributed by atoms with E-state index in [1.807, 2.05) is 18.2 Å². The highest BCUT2D eigenvalue weighted by Gasteiger charge is 2.22. The fourth-order valence-electron chi connectivity index (χ4n) is 2.84. The van der Waals surface area contributed by atoms with Crippen molar-refractivity contribution >= 4 is 24.0 Å². The summed E-state index contributed by atoms with van der Waals surface area (Å²) < 4.78 is 5.50. The van der Waals surface area contributed by atoms with Gasteiger partial charge < -0.3 is 15.4 Å². The highest BCUT2D eigenvalue weighted by atomic mass is 35.5. The molecule has 0 spiro atoms. The number of hydrogen-bond acceptors (Lipinski definition) is 3. The number of rotatable bonds is 2. The minimum atomic E-state index is 0. The topological polar surface area (TPSA) is 50.4 Å². The van der Waals surface area contributed by atoms with Gasteiger partial charge in [0.15, 0.2) is 0 Å². The molecule has 3 rings (SSSR count). The van der Waals surface area contributed by atoms with Crippen LogP contribution in [0.4, 0.5) is 5.69 Å². The molecule has 0 saturated carbocycles. The van der Waals surface area contributed by atoms with E-state index < -0.39 is 0 Å². The van der Waals surface area contributed by atoms with E-state index in [4.69, 9.17) is 4.74 Å². The summed E-state index contributed by atoms with van der Waals surface area (Å²) in [7, 11) is 0. The van der Waals surface area contributed by atoms with Gasteiger partial charge in [-0.1, -0.05) is 0 Å². The number of carbonyl (C=O) groups is 1. The number of fused-ring (bicyclic) bond motifs is 1. The largest absolute Gasteiger partial charge is 0.384 e. The fraction of sp³-hybridized carbons (Fsp3) is 0.533. The Morgan fingerprint density at radius 2 is 2.30 bits per heavy atom. The minimum Gasteiger partial charge on any atom is -0.384 e. The lowest BCUT2D eigenvalue weighted by molar-refractivity contribution is 0.0136. The summed E-state index contributed by atoms with van der Waals surface area (Å²) in [4.78, 5) is 12.2. The number of nitrogens with one attached hydrogen (secondary N) is 2. The van der Waals surface area contributed by atoms with E-state index in [2.05, 4.69) is 17.6 Å². The van der Waals surface area contributed by atoms with Crippen LogP contribution < -0.4 is 10.6 Å². The van der Waals surface area contributed by atoms with Crippen molar-refractivity contribution < 1.29 is 9.53 Å². The Balaban J connectivity index is 0.00000147. The van der Waals surface area contributed by atoms with Crippen molar-refractivity contribution in [1.29, 1.82) is 0 Å². The third-order valence-electron chi connectivity index (χ3n) is 3.90. The Kier molecular flexibility index (Phi) is 4.89. The van der Waals surface area contributed by atoms with E-state index in [0.717, 1.165) is 43.7 Å². The zero-order valence-corrected chi connectivity index (χ0v) is 12.5. The van der Waals surface area contributed by atoms with Gasteiger partial charge in [-0.15, -0.1) is 12.4 Å². The standard InChI is InChI=1S/C15H20N2O2.ClH/c1-10-8-13(5-7-19-10)17-15(18)12-2-3-14-11(9-12)4-6-16-14;/h2-3,9-10,13,16H,4-8H2,1H3,(H,17,18);1H. The molecule has 110 valence electrons. The van der Waals surface area contributed by atoms with Gasteiger partial charge in [0.05, 0.1) is 6.10 Å². The first-order valence-corrected chi connectivity index (χ1v) is 7.01. The average Bonchev–Trinajstić information content (AvgIpc) is 2.85. The van der Waals surface area contributed by atoms with Crippen LogP contribution in [0.2, 0.25) is 0 Å². The number of carbonyl (C=O) groups excluding carboxylic acids is 1. The van der Waals surface area contributed by atoms with Gasteiger partial charge in [0.25, 0.3) is 5.91 Å². The van der Waals surface area contributed by atoms with Gasteiger partial charge in [-0.25, -0.2) is 0 Å². The highest BCUT2D eigenvalue weighted by molar-refractivity contribution is 5.95. The molecule has 2 heterocycles. The van der Waals surface area contributed by atoms with Crippen LogP contribution in [0.1, 0.15) is 35.7 Å². The molecule has 2 aliphatic heterocycles. The van der Waals surface area contributed by atoms with Crippen LogP contribution in [0.25, 0.3) is 0 Å². The van der Waals surface area contributed by atoms with Crippen LogP contribution >= 0.6 is 12.4 Å². The van der Waals surface area contributed by atoms with Gasteiger partial charge >= 0.3 is 0 Å². The molecule has 1 saturated heterocycles. The van der Waals surface area contributed by atoms with E-state index in [-0.39, 0.29) is 30.5 Å². The van der Waals surface area contributed by atoms with Crippen molar-refractivity contribution in [1.82, 2.24) is 5.32 Å². The maximum Gasteiger partial charge on any atom is 0.251 e. The molecule has 2 unspecified atom stereocenters. The molecule has 1 aromatic rings. The first kappa shape index (κ1) is 15.1. The summed E-state index contributed by atoms with van der Waals surface area (Å²) >= 11 is 0. The van der Waals surface area contributed by atoms with E-state index in [1.165, 1.54) is 5.56 Å². The van der Waals surface area contributed by atoms with Crippen LogP contribution in [0.5, 0.6) is 0 Å². The van der Waals surface area contributed by atoms with Gasteiger partial charge in [0, 0.05) is 30.4 Å². The van der Waals surface area contributed by atoms with Crippen LogP contribution in [0.15, 0.2) is 18.2 Å². The van der Waals surface area contributed by atoms with Crippen molar-refractivity contribution in [2.45, 2.75) is 38.3 Å². The Morgan fingerprint density at radius 1 is 1.45 bits per heavy atom. The lowest BCUT2D eigenvalue weighted by Gasteiger charge is -2.28. The first-order chi connectivity index (χ1) is 9.22. The monoisotopic (exact) mass is 296 g/mol. The third kappa shape index (κ3) is 3.25. The Bertz CT molecular complexity index is 493. The predicted octanol–water partition coefficient (Wildman–Crippen LogP) is 2.37.